The molecule has 102 valence electrons. The zero-order valence-corrected chi connectivity index (χ0v) is 11.1. The van der Waals surface area contributed by atoms with E-state index in [2.05, 4.69) is 0 Å². The topological polar surface area (TPSA) is 98.6 Å². The van der Waals surface area contributed by atoms with E-state index < -0.39 is 10.7 Å². The molecule has 1 rings (SSSR count). The van der Waals surface area contributed by atoms with Crippen molar-refractivity contribution in [1.29, 1.82) is 0 Å². The van der Waals surface area contributed by atoms with Crippen LogP contribution in [-0.2, 0) is 0 Å². The van der Waals surface area contributed by atoms with Crippen LogP contribution >= 0.6 is 12.4 Å². The highest BCUT2D eigenvalue weighted by Gasteiger charge is 2.21. The van der Waals surface area contributed by atoms with E-state index in [0.717, 1.165) is 6.42 Å². The van der Waals surface area contributed by atoms with Crippen molar-refractivity contribution in [3.8, 4) is 11.5 Å². The zero-order chi connectivity index (χ0) is 13.0. The van der Waals surface area contributed by atoms with E-state index >= 15 is 0 Å². The third-order valence-corrected chi connectivity index (χ3v) is 2.52. The number of halogens is 1. The third kappa shape index (κ3) is 3.48. The fraction of sp³-hybridized carbons (Fsp3) is 0.455. The molecule has 0 spiro atoms. The van der Waals surface area contributed by atoms with Gasteiger partial charge in [-0.3, -0.25) is 10.1 Å². The highest BCUT2D eigenvalue weighted by atomic mass is 35.5. The minimum Gasteiger partial charge on any atom is -0.500 e. The Morgan fingerprint density at radius 1 is 1.56 bits per heavy atom. The number of rotatable bonds is 5. The average molecular weight is 277 g/mol. The summed E-state index contributed by atoms with van der Waals surface area (Å²) in [6.07, 6.45) is 1.59. The molecule has 0 aromatic heterocycles. The lowest BCUT2D eigenvalue weighted by molar-refractivity contribution is -0.386. The number of nitrogens with two attached hydrogens (primary N) is 1. The van der Waals surface area contributed by atoms with Crippen molar-refractivity contribution in [2.75, 3.05) is 7.11 Å². The molecule has 6 nitrogen and oxygen atoms in total. The van der Waals surface area contributed by atoms with Gasteiger partial charge in [0.15, 0.2) is 5.75 Å². The number of nitro benzene ring substituents is 1. The van der Waals surface area contributed by atoms with E-state index in [9.17, 15) is 15.2 Å². The van der Waals surface area contributed by atoms with Gasteiger partial charge in [0.2, 0.25) is 5.75 Å². The first-order valence-electron chi connectivity index (χ1n) is 5.32. The molecule has 0 heterocycles. The van der Waals surface area contributed by atoms with Crippen LogP contribution in [0.25, 0.3) is 0 Å². The first-order valence-corrected chi connectivity index (χ1v) is 5.32. The first-order chi connectivity index (χ1) is 8.01. The Balaban J connectivity index is 0.00000289. The van der Waals surface area contributed by atoms with Gasteiger partial charge < -0.3 is 15.6 Å². The third-order valence-electron chi connectivity index (χ3n) is 2.52. The van der Waals surface area contributed by atoms with Gasteiger partial charge >= 0.3 is 5.69 Å². The number of phenolic OH excluding ortho intramolecular Hbond substituents is 1. The number of methoxy groups -OCH3 is 1. The summed E-state index contributed by atoms with van der Waals surface area (Å²) in [6.45, 7) is 1.98. The van der Waals surface area contributed by atoms with Gasteiger partial charge in [0.25, 0.3) is 0 Å². The molecule has 1 aromatic rings. The Morgan fingerprint density at radius 3 is 2.61 bits per heavy atom. The largest absolute Gasteiger partial charge is 0.500 e. The number of hydrogen-bond acceptors (Lipinski definition) is 5. The second-order valence-corrected chi connectivity index (χ2v) is 3.74. The summed E-state index contributed by atoms with van der Waals surface area (Å²) in [5, 5.41) is 20.4. The SMILES string of the molecule is CCC[C@@H](N)c1cc(OC)c(O)c([N+](=O)[O-])c1.Cl. The molecule has 1 atom stereocenters. The number of nitro groups is 1. The molecule has 0 saturated heterocycles. The standard InChI is InChI=1S/C11H16N2O4.ClH/c1-3-4-8(12)7-5-9(13(15)16)11(14)10(6-7)17-2;/h5-6,8,14H,3-4,12H2,1-2H3;1H/t8-;/m1./s1. The average Bonchev–Trinajstić information content (AvgIpc) is 2.29. The molecule has 0 aliphatic carbocycles. The smallest absolute Gasteiger partial charge is 0.314 e. The highest BCUT2D eigenvalue weighted by molar-refractivity contribution is 5.85. The van der Waals surface area contributed by atoms with Crippen LogP contribution in [0, 0.1) is 10.1 Å². The quantitative estimate of drug-likeness (QED) is 0.636. The molecule has 0 aliphatic rings. The lowest BCUT2D eigenvalue weighted by Crippen LogP contribution is -2.10. The van der Waals surface area contributed by atoms with Crippen LogP contribution in [0.3, 0.4) is 0 Å². The molecular weight excluding hydrogens is 260 g/mol. The maximum atomic E-state index is 10.8. The lowest BCUT2D eigenvalue weighted by Gasteiger charge is -2.13. The summed E-state index contributed by atoms with van der Waals surface area (Å²) in [5.41, 5.74) is 6.10. The van der Waals surface area contributed by atoms with Gasteiger partial charge in [-0.25, -0.2) is 0 Å². The van der Waals surface area contributed by atoms with Crippen molar-refractivity contribution in [3.05, 3.63) is 27.8 Å². The molecule has 18 heavy (non-hydrogen) atoms. The van der Waals surface area contributed by atoms with E-state index in [1.165, 1.54) is 19.2 Å². The summed E-state index contributed by atoms with van der Waals surface area (Å²) in [4.78, 5) is 10.1. The molecule has 3 N–H and O–H groups in total. The second kappa shape index (κ2) is 7.03. The number of nitrogens with zero attached hydrogens (tertiary/aromatic N) is 1. The highest BCUT2D eigenvalue weighted by Crippen LogP contribution is 2.38. The number of hydrogen-bond donors (Lipinski definition) is 2. The fourth-order valence-electron chi connectivity index (χ4n) is 1.60. The van der Waals surface area contributed by atoms with E-state index in [4.69, 9.17) is 10.5 Å². The van der Waals surface area contributed by atoms with Crippen LogP contribution in [0.1, 0.15) is 31.4 Å². The molecule has 7 heteroatoms. The van der Waals surface area contributed by atoms with Gasteiger partial charge in [0.1, 0.15) is 0 Å². The Labute approximate surface area is 111 Å². The van der Waals surface area contributed by atoms with Crippen LogP contribution in [-0.4, -0.2) is 17.1 Å². The van der Waals surface area contributed by atoms with Crippen LogP contribution < -0.4 is 10.5 Å². The van der Waals surface area contributed by atoms with Gasteiger partial charge in [-0.05, 0) is 18.1 Å². The number of aromatic hydroxyl groups is 1. The van der Waals surface area contributed by atoms with E-state index in [-0.39, 0.29) is 29.9 Å². The Bertz CT molecular complexity index is 426. The molecule has 0 aliphatic heterocycles. The predicted octanol–water partition coefficient (Wildman–Crippen LogP) is 2.53. The maximum absolute atomic E-state index is 10.8. The molecule has 0 radical (unpaired) electrons. The fourth-order valence-corrected chi connectivity index (χ4v) is 1.60. The van der Waals surface area contributed by atoms with Crippen LogP contribution in [0.2, 0.25) is 0 Å². The van der Waals surface area contributed by atoms with Crippen molar-refractivity contribution in [2.45, 2.75) is 25.8 Å². The molecule has 0 saturated carbocycles. The van der Waals surface area contributed by atoms with Crippen LogP contribution in [0.15, 0.2) is 12.1 Å². The van der Waals surface area contributed by atoms with E-state index in [0.29, 0.717) is 12.0 Å². The Hall–Kier alpha value is -1.53. The van der Waals surface area contributed by atoms with Crippen LogP contribution in [0.4, 0.5) is 5.69 Å². The molecule has 1 aromatic carbocycles. The lowest BCUT2D eigenvalue weighted by atomic mass is 10.0. The van der Waals surface area contributed by atoms with E-state index in [1.54, 1.807) is 0 Å². The minimum absolute atomic E-state index is 0. The summed E-state index contributed by atoms with van der Waals surface area (Å²) in [6, 6.07) is 2.52. The van der Waals surface area contributed by atoms with Gasteiger partial charge in [0, 0.05) is 12.1 Å². The van der Waals surface area contributed by atoms with E-state index in [1.807, 2.05) is 6.92 Å². The zero-order valence-electron chi connectivity index (χ0n) is 10.3. The van der Waals surface area contributed by atoms with Gasteiger partial charge in [-0.1, -0.05) is 13.3 Å². The summed E-state index contributed by atoms with van der Waals surface area (Å²) < 4.78 is 4.89. The Kier molecular flexibility index (Phi) is 6.43. The monoisotopic (exact) mass is 276 g/mol. The van der Waals surface area contributed by atoms with Gasteiger partial charge in [0.05, 0.1) is 12.0 Å². The van der Waals surface area contributed by atoms with Crippen molar-refractivity contribution in [3.63, 3.8) is 0 Å². The second-order valence-electron chi connectivity index (χ2n) is 3.74. The minimum atomic E-state index is -0.653. The summed E-state index contributed by atoms with van der Waals surface area (Å²) >= 11 is 0. The van der Waals surface area contributed by atoms with Crippen molar-refractivity contribution >= 4 is 18.1 Å². The molecule has 0 bridgehead atoms. The number of ether oxygens (including phenoxy) is 1. The molecule has 0 unspecified atom stereocenters. The maximum Gasteiger partial charge on any atom is 0.314 e. The summed E-state index contributed by atoms with van der Waals surface area (Å²) in [7, 11) is 1.34. The molecule has 0 amide bonds. The number of benzene rings is 1. The van der Waals surface area contributed by atoms with Crippen molar-refractivity contribution in [1.82, 2.24) is 0 Å². The normalized spacial score (nSPS) is 11.5. The summed E-state index contributed by atoms with van der Waals surface area (Å²) in [5.74, 6) is -0.397. The predicted molar refractivity (Wildman–Crippen MR) is 70.4 cm³/mol. The van der Waals surface area contributed by atoms with Gasteiger partial charge in [-0.2, -0.15) is 0 Å². The van der Waals surface area contributed by atoms with Gasteiger partial charge in [-0.15, -0.1) is 12.4 Å². The van der Waals surface area contributed by atoms with Crippen molar-refractivity contribution in [2.24, 2.45) is 5.73 Å². The molecule has 0 fully saturated rings. The Morgan fingerprint density at radius 2 is 2.17 bits per heavy atom. The van der Waals surface area contributed by atoms with Crippen LogP contribution in [0.5, 0.6) is 11.5 Å². The van der Waals surface area contributed by atoms with Crippen molar-refractivity contribution < 1.29 is 14.8 Å². The molecular formula is C11H17ClN2O4. The first kappa shape index (κ1) is 16.5. The number of phenols is 1.